The van der Waals surface area contributed by atoms with Gasteiger partial charge in [0.2, 0.25) is 0 Å². The summed E-state index contributed by atoms with van der Waals surface area (Å²) in [6.07, 6.45) is 2.34. The minimum atomic E-state index is 0.529. The summed E-state index contributed by atoms with van der Waals surface area (Å²) >= 11 is 12.1. The lowest BCUT2D eigenvalue weighted by Crippen LogP contribution is -2.06. The normalized spacial score (nSPS) is 10.7. The van der Waals surface area contributed by atoms with Crippen LogP contribution in [0.15, 0.2) is 30.3 Å². The third-order valence-corrected chi connectivity index (χ3v) is 3.84. The molecule has 1 aromatic carbocycles. The van der Waals surface area contributed by atoms with E-state index in [4.69, 9.17) is 28.5 Å². The average molecular weight is 361 g/mol. The molecule has 2 heterocycles. The van der Waals surface area contributed by atoms with Crippen LogP contribution in [0.3, 0.4) is 0 Å². The maximum absolute atomic E-state index is 8.54. The molecule has 2 aromatic heterocycles. The van der Waals surface area contributed by atoms with Crippen LogP contribution in [0.2, 0.25) is 10.0 Å². The smallest absolute Gasteiger partial charge is 0.185 e. The lowest BCUT2D eigenvalue weighted by Gasteiger charge is -2.06. The first-order chi connectivity index (χ1) is 11.7. The molecule has 0 aliphatic rings. The fraction of sp³-hybridized carbons (Fsp3) is 0.250. The predicted octanol–water partition coefficient (Wildman–Crippen LogP) is 4.20. The van der Waals surface area contributed by atoms with Crippen LogP contribution >= 0.6 is 23.2 Å². The molecule has 0 aliphatic carbocycles. The summed E-state index contributed by atoms with van der Waals surface area (Å²) in [5.74, 6) is 1.29. The maximum Gasteiger partial charge on any atom is 0.185 e. The number of halogens is 2. The van der Waals surface area contributed by atoms with Crippen LogP contribution in [0.25, 0.3) is 17.0 Å². The molecule has 1 N–H and O–H groups in total. The number of nitrogens with zero attached hydrogens (tertiary/aromatic N) is 5. The quantitative estimate of drug-likeness (QED) is 0.666. The van der Waals surface area contributed by atoms with Crippen molar-refractivity contribution in [2.75, 3.05) is 11.9 Å². The fourth-order valence-corrected chi connectivity index (χ4v) is 2.82. The van der Waals surface area contributed by atoms with E-state index in [2.05, 4.69) is 26.7 Å². The molecule has 0 aliphatic heterocycles. The molecule has 0 radical (unpaired) electrons. The van der Waals surface area contributed by atoms with Crippen LogP contribution in [-0.2, 0) is 0 Å². The molecule has 0 saturated heterocycles. The monoisotopic (exact) mass is 360 g/mol. The minimum absolute atomic E-state index is 0.529. The van der Waals surface area contributed by atoms with Crippen molar-refractivity contribution in [1.82, 2.24) is 19.8 Å². The van der Waals surface area contributed by atoms with Crippen molar-refractivity contribution >= 4 is 34.7 Å². The molecular formula is C16H14Cl2N6. The van der Waals surface area contributed by atoms with E-state index in [-0.39, 0.29) is 0 Å². The number of fused-ring (bicyclic) bond motifs is 1. The summed E-state index contributed by atoms with van der Waals surface area (Å²) in [7, 11) is 0. The zero-order chi connectivity index (χ0) is 16.9. The maximum atomic E-state index is 8.54. The van der Waals surface area contributed by atoms with Crippen LogP contribution in [0.1, 0.15) is 19.3 Å². The van der Waals surface area contributed by atoms with Gasteiger partial charge in [0.25, 0.3) is 0 Å². The van der Waals surface area contributed by atoms with Gasteiger partial charge in [-0.3, -0.25) is 0 Å². The number of nitrogens with one attached hydrogen (secondary N) is 1. The van der Waals surface area contributed by atoms with E-state index in [0.29, 0.717) is 33.8 Å². The molecule has 122 valence electrons. The van der Waals surface area contributed by atoms with E-state index in [0.717, 1.165) is 24.9 Å². The standard InChI is InChI=1S/C16H14Cl2N6/c17-12-8-11(9-13(18)10-12)16-22-21-15-5-4-14(23-24(15)16)20-7-3-1-2-6-19/h4-5,8-10H,1-3,7H2,(H,20,23). The molecule has 0 spiro atoms. The Labute approximate surface area is 149 Å². The van der Waals surface area contributed by atoms with Gasteiger partial charge in [-0.15, -0.1) is 15.3 Å². The third kappa shape index (κ3) is 3.75. The highest BCUT2D eigenvalue weighted by molar-refractivity contribution is 6.35. The summed E-state index contributed by atoms with van der Waals surface area (Å²) in [6, 6.07) is 11.0. The van der Waals surface area contributed by atoms with Gasteiger partial charge in [0, 0.05) is 28.6 Å². The summed E-state index contributed by atoms with van der Waals surface area (Å²) in [4.78, 5) is 0. The van der Waals surface area contributed by atoms with Crippen molar-refractivity contribution in [2.45, 2.75) is 19.3 Å². The van der Waals surface area contributed by atoms with E-state index >= 15 is 0 Å². The van der Waals surface area contributed by atoms with Gasteiger partial charge in [0.05, 0.1) is 6.07 Å². The average Bonchev–Trinajstić information content (AvgIpc) is 2.97. The molecule has 3 rings (SSSR count). The van der Waals surface area contributed by atoms with Gasteiger partial charge in [0.15, 0.2) is 11.5 Å². The Kier molecular flexibility index (Phi) is 5.14. The number of hydrogen-bond donors (Lipinski definition) is 1. The summed E-state index contributed by atoms with van der Waals surface area (Å²) in [5, 5.41) is 25.6. The number of unbranched alkanes of at least 4 members (excludes halogenated alkanes) is 2. The van der Waals surface area contributed by atoms with E-state index in [1.165, 1.54) is 0 Å². The van der Waals surface area contributed by atoms with E-state index in [1.54, 1.807) is 22.7 Å². The molecule has 8 heteroatoms. The van der Waals surface area contributed by atoms with Crippen molar-refractivity contribution in [3.8, 4) is 17.5 Å². The number of hydrogen-bond acceptors (Lipinski definition) is 5. The predicted molar refractivity (Wildman–Crippen MR) is 94.2 cm³/mol. The Bertz CT molecular complexity index is 879. The second kappa shape index (κ2) is 7.47. The van der Waals surface area contributed by atoms with E-state index in [9.17, 15) is 0 Å². The van der Waals surface area contributed by atoms with Gasteiger partial charge in [-0.05, 0) is 43.2 Å². The Morgan fingerprint density at radius 3 is 2.62 bits per heavy atom. The van der Waals surface area contributed by atoms with Gasteiger partial charge in [0.1, 0.15) is 5.82 Å². The van der Waals surface area contributed by atoms with Crippen molar-refractivity contribution in [3.05, 3.63) is 40.4 Å². The molecule has 0 unspecified atom stereocenters. The summed E-state index contributed by atoms with van der Waals surface area (Å²) in [5.41, 5.74) is 1.38. The highest BCUT2D eigenvalue weighted by atomic mass is 35.5. The van der Waals surface area contributed by atoms with Gasteiger partial charge in [-0.2, -0.15) is 9.78 Å². The Hall–Kier alpha value is -2.36. The second-order valence-corrected chi connectivity index (χ2v) is 6.09. The molecule has 0 fully saturated rings. The van der Waals surface area contributed by atoms with Crippen molar-refractivity contribution in [2.24, 2.45) is 0 Å². The fourth-order valence-electron chi connectivity index (χ4n) is 2.29. The van der Waals surface area contributed by atoms with Crippen LogP contribution in [0.4, 0.5) is 5.82 Å². The zero-order valence-corrected chi connectivity index (χ0v) is 14.2. The second-order valence-electron chi connectivity index (χ2n) is 5.21. The topological polar surface area (TPSA) is 78.9 Å². The number of rotatable bonds is 6. The van der Waals surface area contributed by atoms with Crippen molar-refractivity contribution in [1.29, 1.82) is 5.26 Å². The molecule has 24 heavy (non-hydrogen) atoms. The van der Waals surface area contributed by atoms with Crippen LogP contribution in [-0.4, -0.2) is 26.4 Å². The van der Waals surface area contributed by atoms with Crippen molar-refractivity contribution in [3.63, 3.8) is 0 Å². The van der Waals surface area contributed by atoms with Gasteiger partial charge in [-0.1, -0.05) is 23.2 Å². The molecule has 0 atom stereocenters. The Morgan fingerprint density at radius 1 is 1.08 bits per heavy atom. The van der Waals surface area contributed by atoms with Gasteiger partial charge < -0.3 is 5.32 Å². The molecule has 6 nitrogen and oxygen atoms in total. The third-order valence-electron chi connectivity index (χ3n) is 3.41. The van der Waals surface area contributed by atoms with E-state index in [1.807, 2.05) is 12.1 Å². The highest BCUT2D eigenvalue weighted by Crippen LogP contribution is 2.26. The van der Waals surface area contributed by atoms with Crippen LogP contribution in [0, 0.1) is 11.3 Å². The Morgan fingerprint density at radius 2 is 1.88 bits per heavy atom. The van der Waals surface area contributed by atoms with Crippen LogP contribution in [0.5, 0.6) is 0 Å². The zero-order valence-electron chi connectivity index (χ0n) is 12.7. The summed E-state index contributed by atoms with van der Waals surface area (Å²) < 4.78 is 1.65. The molecule has 3 aromatic rings. The van der Waals surface area contributed by atoms with E-state index < -0.39 is 0 Å². The molecule has 0 bridgehead atoms. The Balaban J connectivity index is 1.85. The minimum Gasteiger partial charge on any atom is -0.369 e. The number of nitriles is 1. The van der Waals surface area contributed by atoms with Gasteiger partial charge in [-0.25, -0.2) is 0 Å². The lowest BCUT2D eigenvalue weighted by molar-refractivity contribution is 0.778. The molecular weight excluding hydrogens is 347 g/mol. The number of anilines is 1. The first kappa shape index (κ1) is 16.5. The first-order valence-corrected chi connectivity index (χ1v) is 8.23. The number of aromatic nitrogens is 4. The molecule has 0 amide bonds. The summed E-state index contributed by atoms with van der Waals surface area (Å²) in [6.45, 7) is 0.751. The van der Waals surface area contributed by atoms with Crippen LogP contribution < -0.4 is 5.32 Å². The SMILES string of the molecule is N#CCCCCNc1ccc2nnc(-c3cc(Cl)cc(Cl)c3)n2n1. The largest absolute Gasteiger partial charge is 0.369 e. The van der Waals surface area contributed by atoms with Gasteiger partial charge >= 0.3 is 0 Å². The van der Waals surface area contributed by atoms with Crippen molar-refractivity contribution < 1.29 is 0 Å². The molecule has 0 saturated carbocycles. The lowest BCUT2D eigenvalue weighted by atomic mass is 10.2. The highest BCUT2D eigenvalue weighted by Gasteiger charge is 2.11. The number of benzene rings is 1. The first-order valence-electron chi connectivity index (χ1n) is 7.47.